The van der Waals surface area contributed by atoms with Crippen LogP contribution in [0.25, 0.3) is 0 Å². The SMILES string of the molecule is CNC(=O)[C@H]1C[C@H]2CCN(Cc3csc(C)n3)C[C@H]2O1. The van der Waals surface area contributed by atoms with Gasteiger partial charge in [0.15, 0.2) is 0 Å². The van der Waals surface area contributed by atoms with E-state index in [9.17, 15) is 4.79 Å². The van der Waals surface area contributed by atoms with Gasteiger partial charge < -0.3 is 10.1 Å². The maximum atomic E-state index is 11.7. The van der Waals surface area contributed by atoms with E-state index >= 15 is 0 Å². The van der Waals surface area contributed by atoms with Crippen LogP contribution in [0.3, 0.4) is 0 Å². The van der Waals surface area contributed by atoms with Crippen molar-refractivity contribution in [3.05, 3.63) is 16.1 Å². The van der Waals surface area contributed by atoms with E-state index in [1.54, 1.807) is 18.4 Å². The molecule has 20 heavy (non-hydrogen) atoms. The molecule has 1 aromatic rings. The van der Waals surface area contributed by atoms with E-state index in [-0.39, 0.29) is 18.1 Å². The minimum atomic E-state index is -0.253. The van der Waals surface area contributed by atoms with Gasteiger partial charge in [0, 0.05) is 25.5 Å². The highest BCUT2D eigenvalue weighted by Gasteiger charge is 2.41. The number of amides is 1. The fourth-order valence-electron chi connectivity index (χ4n) is 3.18. The molecule has 2 aliphatic heterocycles. The summed E-state index contributed by atoms with van der Waals surface area (Å²) in [4.78, 5) is 18.6. The van der Waals surface area contributed by atoms with E-state index in [2.05, 4.69) is 20.6 Å². The molecule has 2 saturated heterocycles. The van der Waals surface area contributed by atoms with Crippen molar-refractivity contribution in [2.45, 2.75) is 38.5 Å². The number of likely N-dealkylation sites (tertiary alicyclic amines) is 1. The first-order chi connectivity index (χ1) is 9.65. The number of ether oxygens (including phenoxy) is 1. The molecule has 0 saturated carbocycles. The quantitative estimate of drug-likeness (QED) is 0.910. The molecule has 2 aliphatic rings. The highest BCUT2D eigenvalue weighted by molar-refractivity contribution is 7.09. The standard InChI is InChI=1S/C14H21N3O2S/c1-9-16-11(8-20-9)6-17-4-3-10-5-12(14(18)15-2)19-13(10)7-17/h8,10,12-13H,3-7H2,1-2H3,(H,15,18)/t10-,12-,13-/m1/s1. The smallest absolute Gasteiger partial charge is 0.248 e. The molecule has 110 valence electrons. The number of aromatic nitrogens is 1. The molecule has 0 spiro atoms. The highest BCUT2D eigenvalue weighted by Crippen LogP contribution is 2.33. The number of carbonyl (C=O) groups excluding carboxylic acids is 1. The molecule has 3 heterocycles. The van der Waals surface area contributed by atoms with Gasteiger partial charge in [-0.05, 0) is 32.2 Å². The average Bonchev–Trinajstić information content (AvgIpc) is 3.03. The number of fused-ring (bicyclic) bond motifs is 1. The van der Waals surface area contributed by atoms with Crippen LogP contribution in [-0.4, -0.2) is 48.1 Å². The minimum absolute atomic E-state index is 0.0149. The lowest BCUT2D eigenvalue weighted by Crippen LogP contribution is -2.42. The molecule has 1 amide bonds. The largest absolute Gasteiger partial charge is 0.364 e. The van der Waals surface area contributed by atoms with E-state index in [4.69, 9.17) is 4.74 Å². The van der Waals surface area contributed by atoms with Gasteiger partial charge in [0.1, 0.15) is 6.10 Å². The Morgan fingerprint density at radius 2 is 2.50 bits per heavy atom. The van der Waals surface area contributed by atoms with Crippen LogP contribution >= 0.6 is 11.3 Å². The van der Waals surface area contributed by atoms with E-state index in [1.165, 1.54) is 0 Å². The molecule has 3 atom stereocenters. The molecule has 6 heteroatoms. The fraction of sp³-hybridized carbons (Fsp3) is 0.714. The van der Waals surface area contributed by atoms with Gasteiger partial charge >= 0.3 is 0 Å². The first kappa shape index (κ1) is 14.0. The van der Waals surface area contributed by atoms with Crippen LogP contribution < -0.4 is 5.32 Å². The zero-order valence-electron chi connectivity index (χ0n) is 12.0. The Kier molecular flexibility index (Phi) is 4.05. The molecule has 2 fully saturated rings. The van der Waals surface area contributed by atoms with Gasteiger partial charge in [0.05, 0.1) is 16.8 Å². The Hall–Kier alpha value is -0.980. The van der Waals surface area contributed by atoms with Crippen molar-refractivity contribution < 1.29 is 9.53 Å². The number of hydrogen-bond acceptors (Lipinski definition) is 5. The molecular formula is C14H21N3O2S. The summed E-state index contributed by atoms with van der Waals surface area (Å²) in [5.41, 5.74) is 1.15. The van der Waals surface area contributed by atoms with Crippen molar-refractivity contribution in [2.75, 3.05) is 20.1 Å². The third kappa shape index (κ3) is 2.87. The van der Waals surface area contributed by atoms with E-state index in [1.807, 2.05) is 6.92 Å². The molecule has 0 unspecified atom stereocenters. The lowest BCUT2D eigenvalue weighted by atomic mass is 9.91. The Morgan fingerprint density at radius 1 is 1.65 bits per heavy atom. The summed E-state index contributed by atoms with van der Waals surface area (Å²) in [5.74, 6) is 0.548. The van der Waals surface area contributed by atoms with E-state index in [0.29, 0.717) is 5.92 Å². The number of likely N-dealkylation sites (N-methyl/N-ethyl adjacent to an activating group) is 1. The van der Waals surface area contributed by atoms with Gasteiger partial charge in [-0.15, -0.1) is 11.3 Å². The second kappa shape index (κ2) is 5.79. The molecule has 0 radical (unpaired) electrons. The Morgan fingerprint density at radius 3 is 3.20 bits per heavy atom. The first-order valence-corrected chi connectivity index (χ1v) is 8.04. The molecule has 3 rings (SSSR count). The number of nitrogens with one attached hydrogen (secondary N) is 1. The monoisotopic (exact) mass is 295 g/mol. The Labute approximate surface area is 123 Å². The van der Waals surface area contributed by atoms with E-state index in [0.717, 1.165) is 43.2 Å². The number of aryl methyl sites for hydroxylation is 1. The van der Waals surface area contributed by atoms with Crippen molar-refractivity contribution in [3.63, 3.8) is 0 Å². The topological polar surface area (TPSA) is 54.5 Å². The maximum Gasteiger partial charge on any atom is 0.248 e. The fourth-order valence-corrected chi connectivity index (χ4v) is 3.78. The second-order valence-corrected chi connectivity index (χ2v) is 6.72. The maximum absolute atomic E-state index is 11.7. The van der Waals surface area contributed by atoms with Crippen LogP contribution in [-0.2, 0) is 16.1 Å². The van der Waals surface area contributed by atoms with Crippen molar-refractivity contribution in [2.24, 2.45) is 5.92 Å². The number of nitrogens with zero attached hydrogens (tertiary/aromatic N) is 2. The zero-order chi connectivity index (χ0) is 14.1. The lowest BCUT2D eigenvalue weighted by molar-refractivity contribution is -0.132. The highest BCUT2D eigenvalue weighted by atomic mass is 32.1. The first-order valence-electron chi connectivity index (χ1n) is 7.16. The molecule has 1 N–H and O–H groups in total. The predicted octanol–water partition coefficient (Wildman–Crippen LogP) is 1.18. The van der Waals surface area contributed by atoms with Crippen molar-refractivity contribution in [3.8, 4) is 0 Å². The van der Waals surface area contributed by atoms with Gasteiger partial charge in [-0.3, -0.25) is 9.69 Å². The number of carbonyl (C=O) groups is 1. The zero-order valence-corrected chi connectivity index (χ0v) is 12.8. The summed E-state index contributed by atoms with van der Waals surface area (Å²) in [5, 5.41) is 5.93. The summed E-state index contributed by atoms with van der Waals surface area (Å²) in [6, 6.07) is 0. The number of rotatable bonds is 3. The van der Waals surface area contributed by atoms with Gasteiger partial charge in [-0.25, -0.2) is 4.98 Å². The number of thiazole rings is 1. The van der Waals surface area contributed by atoms with E-state index < -0.39 is 0 Å². The van der Waals surface area contributed by atoms with Crippen molar-refractivity contribution in [1.29, 1.82) is 0 Å². The lowest BCUT2D eigenvalue weighted by Gasteiger charge is -2.33. The van der Waals surface area contributed by atoms with Gasteiger partial charge in [0.2, 0.25) is 5.91 Å². The van der Waals surface area contributed by atoms with Crippen LogP contribution in [0.15, 0.2) is 5.38 Å². The Bertz CT molecular complexity index is 491. The minimum Gasteiger partial charge on any atom is -0.364 e. The summed E-state index contributed by atoms with van der Waals surface area (Å²) in [7, 11) is 1.67. The van der Waals surface area contributed by atoms with Crippen LogP contribution in [0.2, 0.25) is 0 Å². The average molecular weight is 295 g/mol. The molecule has 0 bridgehead atoms. The molecule has 0 aliphatic carbocycles. The molecule has 5 nitrogen and oxygen atoms in total. The Balaban J connectivity index is 1.57. The molecule has 0 aromatic carbocycles. The number of hydrogen-bond donors (Lipinski definition) is 1. The van der Waals surface area contributed by atoms with Crippen molar-refractivity contribution >= 4 is 17.2 Å². The van der Waals surface area contributed by atoms with Gasteiger partial charge in [0.25, 0.3) is 0 Å². The summed E-state index contributed by atoms with van der Waals surface area (Å²) in [6.45, 7) is 4.91. The van der Waals surface area contributed by atoms with Crippen LogP contribution in [0.5, 0.6) is 0 Å². The molecule has 1 aromatic heterocycles. The third-order valence-corrected chi connectivity index (χ3v) is 5.05. The predicted molar refractivity (Wildman–Crippen MR) is 77.6 cm³/mol. The summed E-state index contributed by atoms with van der Waals surface area (Å²) >= 11 is 1.70. The normalized spacial score (nSPS) is 30.2. The van der Waals surface area contributed by atoms with Gasteiger partial charge in [-0.2, -0.15) is 0 Å². The summed E-state index contributed by atoms with van der Waals surface area (Å²) in [6.07, 6.45) is 1.93. The summed E-state index contributed by atoms with van der Waals surface area (Å²) < 4.78 is 5.92. The van der Waals surface area contributed by atoms with Crippen LogP contribution in [0.4, 0.5) is 0 Å². The van der Waals surface area contributed by atoms with Gasteiger partial charge in [-0.1, -0.05) is 0 Å². The second-order valence-electron chi connectivity index (χ2n) is 5.65. The van der Waals surface area contributed by atoms with Crippen molar-refractivity contribution in [1.82, 2.24) is 15.2 Å². The number of piperidine rings is 1. The van der Waals surface area contributed by atoms with Crippen LogP contribution in [0, 0.1) is 12.8 Å². The molecular weight excluding hydrogens is 274 g/mol. The van der Waals surface area contributed by atoms with Crippen LogP contribution in [0.1, 0.15) is 23.5 Å². The third-order valence-electron chi connectivity index (χ3n) is 4.23.